The van der Waals surface area contributed by atoms with Crippen LogP contribution in [-0.4, -0.2) is 17.4 Å². The molecule has 106 valence electrons. The molecule has 0 radical (unpaired) electrons. The molecule has 1 aromatic heterocycles. The third kappa shape index (κ3) is 4.60. The van der Waals surface area contributed by atoms with Crippen molar-refractivity contribution in [2.45, 2.75) is 12.8 Å². The monoisotopic (exact) mass is 397 g/mol. The summed E-state index contributed by atoms with van der Waals surface area (Å²) in [7, 11) is 1.70. The highest BCUT2D eigenvalue weighted by molar-refractivity contribution is 9.10. The molecule has 1 unspecified atom stereocenters. The van der Waals surface area contributed by atoms with Gasteiger partial charge in [0.2, 0.25) is 0 Å². The molecule has 1 aromatic carbocycles. The fraction of sp³-hybridized carbons (Fsp3) is 0.312. The number of hydrogen-bond donors (Lipinski definition) is 0. The summed E-state index contributed by atoms with van der Waals surface area (Å²) >= 11 is 7.09. The fourth-order valence-corrected chi connectivity index (χ4v) is 3.08. The zero-order valence-corrected chi connectivity index (χ0v) is 14.5. The maximum Gasteiger partial charge on any atom is 0.119 e. The van der Waals surface area contributed by atoms with Gasteiger partial charge in [0.05, 0.1) is 7.11 Å². The summed E-state index contributed by atoms with van der Waals surface area (Å²) in [6.45, 7) is 0. The number of hydrogen-bond acceptors (Lipinski definition) is 2. The van der Waals surface area contributed by atoms with E-state index in [0.717, 1.165) is 28.4 Å². The molecule has 0 spiro atoms. The van der Waals surface area contributed by atoms with Gasteiger partial charge in [-0.3, -0.25) is 4.98 Å². The van der Waals surface area contributed by atoms with Crippen molar-refractivity contribution in [1.82, 2.24) is 4.98 Å². The number of nitrogens with zero attached hydrogens (tertiary/aromatic N) is 1. The molecule has 0 bridgehead atoms. The average Bonchev–Trinajstić information content (AvgIpc) is 2.47. The molecule has 0 saturated heterocycles. The van der Waals surface area contributed by atoms with Crippen LogP contribution in [0, 0.1) is 5.92 Å². The van der Waals surface area contributed by atoms with Crippen LogP contribution in [0.5, 0.6) is 5.75 Å². The number of benzene rings is 1. The second kappa shape index (κ2) is 7.79. The van der Waals surface area contributed by atoms with Crippen LogP contribution in [0.4, 0.5) is 0 Å². The normalized spacial score (nSPS) is 12.2. The van der Waals surface area contributed by atoms with E-state index in [1.165, 1.54) is 11.1 Å². The highest BCUT2D eigenvalue weighted by Gasteiger charge is 2.10. The molecule has 0 N–H and O–H groups in total. The lowest BCUT2D eigenvalue weighted by molar-refractivity contribution is 0.414. The van der Waals surface area contributed by atoms with Crippen LogP contribution in [0.1, 0.15) is 11.1 Å². The Bertz CT molecular complexity index is 560. The second-order valence-electron chi connectivity index (χ2n) is 4.79. The van der Waals surface area contributed by atoms with Crippen LogP contribution in [-0.2, 0) is 12.8 Å². The van der Waals surface area contributed by atoms with Gasteiger partial charge in [0.15, 0.2) is 0 Å². The highest BCUT2D eigenvalue weighted by Crippen LogP contribution is 2.21. The molecule has 0 amide bonds. The molecule has 1 atom stereocenters. The molecule has 0 aliphatic carbocycles. The van der Waals surface area contributed by atoms with Crippen molar-refractivity contribution in [3.63, 3.8) is 0 Å². The topological polar surface area (TPSA) is 22.1 Å². The second-order valence-corrected chi connectivity index (χ2v) is 6.35. The summed E-state index contributed by atoms with van der Waals surface area (Å²) in [4.78, 5) is 4.22. The van der Waals surface area contributed by atoms with Crippen molar-refractivity contribution in [2.24, 2.45) is 5.92 Å². The number of methoxy groups -OCH3 is 1. The average molecular weight is 399 g/mol. The van der Waals surface area contributed by atoms with Gasteiger partial charge in [-0.05, 0) is 64.0 Å². The lowest BCUT2D eigenvalue weighted by Gasteiger charge is -2.15. The van der Waals surface area contributed by atoms with Crippen molar-refractivity contribution in [1.29, 1.82) is 0 Å². The van der Waals surface area contributed by atoms with E-state index in [-0.39, 0.29) is 0 Å². The molecule has 0 saturated carbocycles. The molecule has 0 fully saturated rings. The zero-order chi connectivity index (χ0) is 14.4. The third-order valence-electron chi connectivity index (χ3n) is 3.16. The van der Waals surface area contributed by atoms with Crippen molar-refractivity contribution < 1.29 is 4.74 Å². The van der Waals surface area contributed by atoms with Gasteiger partial charge in [-0.15, -0.1) is 0 Å². The molecule has 0 aliphatic heterocycles. The van der Waals surface area contributed by atoms with Crippen LogP contribution in [0.2, 0.25) is 0 Å². The summed E-state index contributed by atoms with van der Waals surface area (Å²) in [5.74, 6) is 1.46. The maximum atomic E-state index is 5.28. The zero-order valence-electron chi connectivity index (χ0n) is 11.4. The Morgan fingerprint density at radius 3 is 2.65 bits per heavy atom. The third-order valence-corrected chi connectivity index (χ3v) is 4.51. The van der Waals surface area contributed by atoms with Crippen molar-refractivity contribution >= 4 is 31.9 Å². The van der Waals surface area contributed by atoms with E-state index in [1.54, 1.807) is 7.11 Å². The van der Waals surface area contributed by atoms with Crippen molar-refractivity contribution in [2.75, 3.05) is 12.4 Å². The molecule has 20 heavy (non-hydrogen) atoms. The van der Waals surface area contributed by atoms with Gasteiger partial charge in [0.25, 0.3) is 0 Å². The molecule has 2 nitrogen and oxygen atoms in total. The van der Waals surface area contributed by atoms with E-state index < -0.39 is 0 Å². The molecule has 4 heteroatoms. The minimum atomic E-state index is 0.540. The Kier molecular flexibility index (Phi) is 6.05. The molecular formula is C16H17Br2NO. The minimum Gasteiger partial charge on any atom is -0.497 e. The lowest BCUT2D eigenvalue weighted by atomic mass is 9.95. The first-order valence-corrected chi connectivity index (χ1v) is 8.41. The summed E-state index contributed by atoms with van der Waals surface area (Å²) < 4.78 is 6.31. The summed E-state index contributed by atoms with van der Waals surface area (Å²) in [5, 5.41) is 0.969. The van der Waals surface area contributed by atoms with Crippen molar-refractivity contribution in [3.05, 3.63) is 58.3 Å². The maximum absolute atomic E-state index is 5.28. The number of aromatic nitrogens is 1. The Balaban J connectivity index is 2.05. The first kappa shape index (κ1) is 15.5. The fourth-order valence-electron chi connectivity index (χ4n) is 2.21. The van der Waals surface area contributed by atoms with Gasteiger partial charge in [-0.2, -0.15) is 0 Å². The molecule has 2 rings (SSSR count). The van der Waals surface area contributed by atoms with Gasteiger partial charge in [0.1, 0.15) is 5.75 Å². The molecular weight excluding hydrogens is 382 g/mol. The first-order chi connectivity index (χ1) is 9.71. The summed E-state index contributed by atoms with van der Waals surface area (Å²) in [6.07, 6.45) is 5.78. The Hall–Kier alpha value is -0.870. The first-order valence-electron chi connectivity index (χ1n) is 6.49. The van der Waals surface area contributed by atoms with E-state index in [1.807, 2.05) is 24.5 Å². The Labute approximate surface area is 136 Å². The van der Waals surface area contributed by atoms with E-state index in [4.69, 9.17) is 4.74 Å². The van der Waals surface area contributed by atoms with Gasteiger partial charge < -0.3 is 4.74 Å². The van der Waals surface area contributed by atoms with Crippen LogP contribution < -0.4 is 4.74 Å². The van der Waals surface area contributed by atoms with Crippen LogP contribution in [0.25, 0.3) is 0 Å². The number of ether oxygens (including phenoxy) is 1. The highest BCUT2D eigenvalue weighted by atomic mass is 79.9. The number of pyridine rings is 1. The van der Waals surface area contributed by atoms with E-state index >= 15 is 0 Å². The summed E-state index contributed by atoms with van der Waals surface area (Å²) in [6, 6.07) is 10.4. The van der Waals surface area contributed by atoms with E-state index in [9.17, 15) is 0 Å². The largest absolute Gasteiger partial charge is 0.497 e. The Morgan fingerprint density at radius 2 is 1.95 bits per heavy atom. The lowest BCUT2D eigenvalue weighted by Crippen LogP contribution is -2.10. The quantitative estimate of drug-likeness (QED) is 0.660. The SMILES string of the molecule is COc1cccc(CC(CBr)Cc2cncc(Br)c2)c1. The van der Waals surface area contributed by atoms with Gasteiger partial charge in [0, 0.05) is 22.2 Å². The Morgan fingerprint density at radius 1 is 1.15 bits per heavy atom. The molecule has 2 aromatic rings. The van der Waals surface area contributed by atoms with Crippen LogP contribution >= 0.6 is 31.9 Å². The number of halogens is 2. The van der Waals surface area contributed by atoms with E-state index in [2.05, 4.69) is 55.0 Å². The number of rotatable bonds is 6. The van der Waals surface area contributed by atoms with Crippen LogP contribution in [0.15, 0.2) is 47.2 Å². The van der Waals surface area contributed by atoms with Gasteiger partial charge in [-0.25, -0.2) is 0 Å². The van der Waals surface area contributed by atoms with Crippen molar-refractivity contribution in [3.8, 4) is 5.75 Å². The predicted octanol–water partition coefficient (Wildman–Crippen LogP) is 4.65. The standard InChI is InChI=1S/C16H17Br2NO/c1-20-16-4-2-3-12(8-16)5-13(9-17)6-14-7-15(18)11-19-10-14/h2-4,7-8,10-11,13H,5-6,9H2,1H3. The molecule has 1 heterocycles. The molecule has 0 aliphatic rings. The number of alkyl halides is 1. The van der Waals surface area contributed by atoms with Gasteiger partial charge >= 0.3 is 0 Å². The smallest absolute Gasteiger partial charge is 0.119 e. The van der Waals surface area contributed by atoms with Crippen LogP contribution in [0.3, 0.4) is 0 Å². The summed E-state index contributed by atoms with van der Waals surface area (Å²) in [5.41, 5.74) is 2.56. The predicted molar refractivity (Wildman–Crippen MR) is 89.6 cm³/mol. The van der Waals surface area contributed by atoms with Gasteiger partial charge in [-0.1, -0.05) is 28.1 Å². The minimum absolute atomic E-state index is 0.540. The van der Waals surface area contributed by atoms with E-state index in [0.29, 0.717) is 5.92 Å².